The van der Waals surface area contributed by atoms with Gasteiger partial charge < -0.3 is 10.6 Å². The number of carbonyl (C=O) groups excluding carboxylic acids is 2. The van der Waals surface area contributed by atoms with Gasteiger partial charge in [0.1, 0.15) is 5.69 Å². The first-order valence-electron chi connectivity index (χ1n) is 10.6. The van der Waals surface area contributed by atoms with Gasteiger partial charge in [-0.1, -0.05) is 60.1 Å². The molecule has 1 atom stereocenters. The molecule has 0 radical (unpaired) electrons. The quantitative estimate of drug-likeness (QED) is 0.311. The van der Waals surface area contributed by atoms with Gasteiger partial charge in [-0.05, 0) is 43.3 Å². The van der Waals surface area contributed by atoms with E-state index in [1.54, 1.807) is 73.3 Å². The number of aromatic nitrogens is 2. The number of nitrogens with zero attached hydrogens (tertiary/aromatic N) is 2. The molecule has 0 bridgehead atoms. The van der Waals surface area contributed by atoms with Crippen LogP contribution in [0.1, 0.15) is 26.4 Å². The molecule has 7 nitrogen and oxygen atoms in total. The van der Waals surface area contributed by atoms with Gasteiger partial charge in [-0.25, -0.2) is 4.68 Å². The Morgan fingerprint density at radius 2 is 1.44 bits per heavy atom. The van der Waals surface area contributed by atoms with Gasteiger partial charge >= 0.3 is 0 Å². The highest BCUT2D eigenvalue weighted by molar-refractivity contribution is 6.30. The third kappa shape index (κ3) is 4.65. The number of hydrogen-bond donors (Lipinski definition) is 2. The largest absolute Gasteiger partial charge is 0.353 e. The molecule has 1 amide bonds. The minimum Gasteiger partial charge on any atom is -0.353 e. The minimum atomic E-state index is -1.18. The molecule has 0 aliphatic rings. The number of hydrogen-bond acceptors (Lipinski definition) is 4. The molecule has 0 spiro atoms. The van der Waals surface area contributed by atoms with Crippen LogP contribution < -0.4 is 16.2 Å². The summed E-state index contributed by atoms with van der Waals surface area (Å²) in [6.45, 7) is 1.77. The zero-order valence-corrected chi connectivity index (χ0v) is 19.4. The molecule has 34 heavy (non-hydrogen) atoms. The second kappa shape index (κ2) is 9.80. The van der Waals surface area contributed by atoms with Crippen LogP contribution in [0.3, 0.4) is 0 Å². The highest BCUT2D eigenvalue weighted by Crippen LogP contribution is 2.16. The summed E-state index contributed by atoms with van der Waals surface area (Å²) in [5.74, 6) is -0.854. The van der Waals surface area contributed by atoms with E-state index in [4.69, 9.17) is 11.6 Å². The van der Waals surface area contributed by atoms with E-state index in [0.717, 1.165) is 0 Å². The Balaban J connectivity index is 1.71. The number of nitrogens with one attached hydrogen (secondary N) is 2. The van der Waals surface area contributed by atoms with Crippen molar-refractivity contribution in [1.29, 1.82) is 0 Å². The summed E-state index contributed by atoms with van der Waals surface area (Å²) in [6, 6.07) is 24.1. The smallest absolute Gasteiger partial charge is 0.295 e. The van der Waals surface area contributed by atoms with Crippen molar-refractivity contribution in [2.45, 2.75) is 13.1 Å². The molecular weight excluding hydrogens is 452 g/mol. The van der Waals surface area contributed by atoms with Crippen molar-refractivity contribution in [3.05, 3.63) is 117 Å². The van der Waals surface area contributed by atoms with Crippen LogP contribution in [0.5, 0.6) is 0 Å². The van der Waals surface area contributed by atoms with Gasteiger partial charge in [0.2, 0.25) is 5.78 Å². The van der Waals surface area contributed by atoms with E-state index in [1.165, 1.54) is 4.68 Å². The topological polar surface area (TPSA) is 85.1 Å². The molecule has 1 aromatic heterocycles. The van der Waals surface area contributed by atoms with Gasteiger partial charge in [-0.3, -0.25) is 19.1 Å². The first-order chi connectivity index (χ1) is 16.4. The van der Waals surface area contributed by atoms with Crippen molar-refractivity contribution in [3.8, 4) is 5.69 Å². The van der Waals surface area contributed by atoms with E-state index < -0.39 is 12.1 Å². The van der Waals surface area contributed by atoms with Crippen LogP contribution in [0.4, 0.5) is 5.69 Å². The van der Waals surface area contributed by atoms with Crippen LogP contribution in [0, 0.1) is 6.92 Å². The van der Waals surface area contributed by atoms with Gasteiger partial charge in [0, 0.05) is 23.2 Å². The molecule has 4 rings (SSSR count). The maximum atomic E-state index is 13.3. The number of para-hydroxylation sites is 1. The Kier molecular flexibility index (Phi) is 6.65. The molecule has 0 aliphatic heterocycles. The second-order valence-corrected chi connectivity index (χ2v) is 8.16. The number of rotatable bonds is 7. The van der Waals surface area contributed by atoms with E-state index in [9.17, 15) is 14.4 Å². The summed E-state index contributed by atoms with van der Waals surface area (Å²) in [6.07, 6.45) is -1.18. The molecule has 3 aromatic carbocycles. The van der Waals surface area contributed by atoms with Crippen LogP contribution in [0.25, 0.3) is 5.69 Å². The molecule has 0 saturated heterocycles. The zero-order valence-electron chi connectivity index (χ0n) is 18.7. The number of ketones is 1. The summed E-state index contributed by atoms with van der Waals surface area (Å²) in [7, 11) is 1.76. The summed E-state index contributed by atoms with van der Waals surface area (Å²) in [4.78, 5) is 39.6. The van der Waals surface area contributed by atoms with Crippen molar-refractivity contribution < 1.29 is 9.59 Å². The summed E-state index contributed by atoms with van der Waals surface area (Å²) >= 11 is 5.92. The maximum Gasteiger partial charge on any atom is 0.295 e. The second-order valence-electron chi connectivity index (χ2n) is 7.72. The molecule has 0 fully saturated rings. The Hall–Kier alpha value is -4.10. The fourth-order valence-corrected chi connectivity index (χ4v) is 3.76. The normalized spacial score (nSPS) is 11.6. The first kappa shape index (κ1) is 23.1. The lowest BCUT2D eigenvalue weighted by Crippen LogP contribution is -2.47. The fourth-order valence-electron chi connectivity index (χ4n) is 3.63. The van der Waals surface area contributed by atoms with Crippen molar-refractivity contribution in [2.24, 2.45) is 7.05 Å². The molecule has 4 aromatic rings. The predicted molar refractivity (Wildman–Crippen MR) is 133 cm³/mol. The average Bonchev–Trinajstić information content (AvgIpc) is 3.07. The minimum absolute atomic E-state index is 0.219. The average molecular weight is 475 g/mol. The Labute approximate surface area is 201 Å². The van der Waals surface area contributed by atoms with Crippen molar-refractivity contribution >= 4 is 29.0 Å². The molecule has 0 saturated carbocycles. The zero-order chi connectivity index (χ0) is 24.2. The Morgan fingerprint density at radius 3 is 2.06 bits per heavy atom. The van der Waals surface area contributed by atoms with E-state index in [-0.39, 0.29) is 17.0 Å². The fraction of sp³-hybridized carbons (Fsp3) is 0.115. The van der Waals surface area contributed by atoms with E-state index >= 15 is 0 Å². The van der Waals surface area contributed by atoms with Crippen molar-refractivity contribution in [3.63, 3.8) is 0 Å². The highest BCUT2D eigenvalue weighted by atomic mass is 35.5. The Morgan fingerprint density at radius 1 is 0.853 bits per heavy atom. The predicted octanol–water partition coefficient (Wildman–Crippen LogP) is 4.19. The highest BCUT2D eigenvalue weighted by Gasteiger charge is 2.26. The Bertz CT molecular complexity index is 1380. The number of halogens is 1. The number of carbonyl (C=O) groups is 2. The molecule has 8 heteroatoms. The third-order valence-electron chi connectivity index (χ3n) is 5.55. The molecule has 0 unspecified atom stereocenters. The number of benzene rings is 3. The summed E-state index contributed by atoms with van der Waals surface area (Å²) in [5.41, 5.74) is 1.91. The van der Waals surface area contributed by atoms with Crippen LogP contribution >= 0.6 is 11.6 Å². The summed E-state index contributed by atoms with van der Waals surface area (Å²) < 4.78 is 3.20. The number of amides is 1. The lowest BCUT2D eigenvalue weighted by atomic mass is 10.1. The molecule has 172 valence electrons. The van der Waals surface area contributed by atoms with Crippen LogP contribution in [0.2, 0.25) is 5.02 Å². The summed E-state index contributed by atoms with van der Waals surface area (Å²) in [5, 5.41) is 6.21. The van der Waals surface area contributed by atoms with Gasteiger partial charge in [0.25, 0.3) is 11.5 Å². The van der Waals surface area contributed by atoms with Gasteiger partial charge in [0.05, 0.1) is 11.4 Å². The maximum absolute atomic E-state index is 13.3. The third-order valence-corrected chi connectivity index (χ3v) is 5.80. The van der Waals surface area contributed by atoms with E-state index in [0.29, 0.717) is 27.5 Å². The van der Waals surface area contributed by atoms with E-state index in [2.05, 4.69) is 10.6 Å². The van der Waals surface area contributed by atoms with Gasteiger partial charge in [-0.2, -0.15) is 0 Å². The SMILES string of the molecule is Cc1c(N[C@@H](NC(=O)c2ccc(Cl)cc2)C(=O)c2ccccc2)c(=O)n(-c2ccccc2)n1C. The van der Waals surface area contributed by atoms with Gasteiger partial charge in [0.15, 0.2) is 6.17 Å². The lowest BCUT2D eigenvalue weighted by Gasteiger charge is -2.20. The van der Waals surface area contributed by atoms with Crippen molar-refractivity contribution in [1.82, 2.24) is 14.7 Å². The van der Waals surface area contributed by atoms with Crippen LogP contribution in [0.15, 0.2) is 89.7 Å². The standard InChI is InChI=1S/C26H23ClN4O3/c1-17-22(26(34)31(30(17)2)21-11-7-4-8-12-21)28-24(23(32)18-9-5-3-6-10-18)29-25(33)19-13-15-20(27)16-14-19/h3-16,24,28H,1-2H3,(H,29,33)/t24-/m0/s1. The van der Waals surface area contributed by atoms with Crippen LogP contribution in [-0.2, 0) is 7.05 Å². The molecule has 0 aliphatic carbocycles. The lowest BCUT2D eigenvalue weighted by molar-refractivity contribution is 0.0869. The first-order valence-corrected chi connectivity index (χ1v) is 11.0. The van der Waals surface area contributed by atoms with Crippen LogP contribution in [-0.4, -0.2) is 27.2 Å². The van der Waals surface area contributed by atoms with Crippen molar-refractivity contribution in [2.75, 3.05) is 5.32 Å². The number of anilines is 1. The van der Waals surface area contributed by atoms with E-state index in [1.807, 2.05) is 30.3 Å². The molecule has 2 N–H and O–H groups in total. The number of Topliss-reactive ketones (excluding diaryl/α,β-unsaturated/α-hetero) is 1. The molecule has 1 heterocycles. The molecular formula is C26H23ClN4O3. The van der Waals surface area contributed by atoms with Gasteiger partial charge in [-0.15, -0.1) is 0 Å². The monoisotopic (exact) mass is 474 g/mol.